The molecule has 2 unspecified atom stereocenters. The molecule has 0 heterocycles. The van der Waals surface area contributed by atoms with Gasteiger partial charge in [0.25, 0.3) is 0 Å². The van der Waals surface area contributed by atoms with Gasteiger partial charge in [-0.25, -0.2) is 0 Å². The third kappa shape index (κ3) is 12.9. The summed E-state index contributed by atoms with van der Waals surface area (Å²) in [6.07, 6.45) is 17.1. The SMILES string of the molecule is CCCCCCCCCCCCC=CN(C(C)O)C(C)O. The predicted octanol–water partition coefficient (Wildman–Crippen LogP) is 4.79. The molecule has 0 spiro atoms. The molecule has 0 aromatic rings. The first kappa shape index (κ1) is 20.5. The van der Waals surface area contributed by atoms with Gasteiger partial charge >= 0.3 is 0 Å². The highest BCUT2D eigenvalue weighted by atomic mass is 16.3. The van der Waals surface area contributed by atoms with E-state index in [9.17, 15) is 10.2 Å². The Balaban J connectivity index is 3.39. The highest BCUT2D eigenvalue weighted by Crippen LogP contribution is 2.11. The van der Waals surface area contributed by atoms with E-state index < -0.39 is 12.5 Å². The molecule has 0 rings (SSSR count). The summed E-state index contributed by atoms with van der Waals surface area (Å²) in [7, 11) is 0. The lowest BCUT2D eigenvalue weighted by atomic mass is 10.1. The molecule has 21 heavy (non-hydrogen) atoms. The Hall–Kier alpha value is -0.540. The van der Waals surface area contributed by atoms with E-state index in [1.807, 2.05) is 12.3 Å². The van der Waals surface area contributed by atoms with Gasteiger partial charge in [0.05, 0.1) is 0 Å². The van der Waals surface area contributed by atoms with E-state index in [2.05, 4.69) is 6.92 Å². The van der Waals surface area contributed by atoms with E-state index in [4.69, 9.17) is 0 Å². The zero-order valence-electron chi connectivity index (χ0n) is 14.4. The van der Waals surface area contributed by atoms with Crippen LogP contribution in [0.4, 0.5) is 0 Å². The molecule has 3 nitrogen and oxygen atoms in total. The van der Waals surface area contributed by atoms with Gasteiger partial charge in [-0.2, -0.15) is 0 Å². The summed E-state index contributed by atoms with van der Waals surface area (Å²) < 4.78 is 0. The average molecular weight is 299 g/mol. The number of hydrogen-bond donors (Lipinski definition) is 2. The Morgan fingerprint density at radius 3 is 1.62 bits per heavy atom. The van der Waals surface area contributed by atoms with Gasteiger partial charge in [0.15, 0.2) is 0 Å². The minimum atomic E-state index is -0.644. The number of aliphatic hydroxyl groups is 2. The highest BCUT2D eigenvalue weighted by Gasteiger charge is 2.10. The zero-order valence-corrected chi connectivity index (χ0v) is 14.4. The zero-order chi connectivity index (χ0) is 15.9. The number of allylic oxidation sites excluding steroid dienone is 1. The topological polar surface area (TPSA) is 43.7 Å². The van der Waals surface area contributed by atoms with Crippen molar-refractivity contribution in [3.8, 4) is 0 Å². The summed E-state index contributed by atoms with van der Waals surface area (Å²) in [6, 6.07) is 0. The number of rotatable bonds is 14. The van der Waals surface area contributed by atoms with Crippen LogP contribution in [0.15, 0.2) is 12.3 Å². The molecule has 0 amide bonds. The molecule has 126 valence electrons. The largest absolute Gasteiger partial charge is 0.374 e. The Morgan fingerprint density at radius 1 is 0.762 bits per heavy atom. The summed E-state index contributed by atoms with van der Waals surface area (Å²) in [4.78, 5) is 1.55. The average Bonchev–Trinajstić information content (AvgIpc) is 2.43. The minimum absolute atomic E-state index is 0.644. The Labute approximate surface area is 132 Å². The van der Waals surface area contributed by atoms with E-state index in [0.29, 0.717) is 0 Å². The van der Waals surface area contributed by atoms with Crippen LogP contribution in [-0.2, 0) is 0 Å². The predicted molar refractivity (Wildman–Crippen MR) is 90.8 cm³/mol. The monoisotopic (exact) mass is 299 g/mol. The number of hydrogen-bond acceptors (Lipinski definition) is 3. The molecule has 0 aliphatic carbocycles. The second kappa shape index (κ2) is 14.4. The maximum Gasteiger partial charge on any atom is 0.125 e. The minimum Gasteiger partial charge on any atom is -0.374 e. The van der Waals surface area contributed by atoms with Crippen molar-refractivity contribution >= 4 is 0 Å². The third-order valence-corrected chi connectivity index (χ3v) is 3.86. The van der Waals surface area contributed by atoms with Crippen molar-refractivity contribution in [2.24, 2.45) is 0 Å². The highest BCUT2D eigenvalue weighted by molar-refractivity contribution is 4.83. The summed E-state index contributed by atoms with van der Waals surface area (Å²) in [5.41, 5.74) is 0. The molecule has 0 aromatic carbocycles. The molecule has 3 heteroatoms. The molecule has 0 radical (unpaired) electrons. The first-order chi connectivity index (χ1) is 10.1. The molecule has 0 fully saturated rings. The second-order valence-corrected chi connectivity index (χ2v) is 6.07. The molecule has 0 aromatic heterocycles. The molecular weight excluding hydrogens is 262 g/mol. The molecule has 0 saturated carbocycles. The molecule has 2 N–H and O–H groups in total. The summed E-state index contributed by atoms with van der Waals surface area (Å²) >= 11 is 0. The van der Waals surface area contributed by atoms with Crippen LogP contribution in [-0.4, -0.2) is 27.6 Å². The number of unbranched alkanes of at least 4 members (excludes halogenated alkanes) is 10. The van der Waals surface area contributed by atoms with Crippen molar-refractivity contribution < 1.29 is 10.2 Å². The van der Waals surface area contributed by atoms with Crippen LogP contribution in [0, 0.1) is 0 Å². The molecule has 0 bridgehead atoms. The van der Waals surface area contributed by atoms with Crippen molar-refractivity contribution in [2.75, 3.05) is 0 Å². The van der Waals surface area contributed by atoms with Gasteiger partial charge in [0.2, 0.25) is 0 Å². The Kier molecular flexibility index (Phi) is 14.0. The van der Waals surface area contributed by atoms with Gasteiger partial charge in [-0.1, -0.05) is 70.8 Å². The van der Waals surface area contributed by atoms with Gasteiger partial charge in [0, 0.05) is 6.20 Å². The lowest BCUT2D eigenvalue weighted by molar-refractivity contribution is -0.0513. The Morgan fingerprint density at radius 2 is 1.19 bits per heavy atom. The second-order valence-electron chi connectivity index (χ2n) is 6.07. The molecule has 2 atom stereocenters. The van der Waals surface area contributed by atoms with Crippen LogP contribution < -0.4 is 0 Å². The van der Waals surface area contributed by atoms with Crippen LogP contribution >= 0.6 is 0 Å². The molecule has 0 saturated heterocycles. The van der Waals surface area contributed by atoms with Gasteiger partial charge in [-0.15, -0.1) is 0 Å². The fraction of sp³-hybridized carbons (Fsp3) is 0.889. The fourth-order valence-corrected chi connectivity index (χ4v) is 2.51. The third-order valence-electron chi connectivity index (χ3n) is 3.86. The lowest BCUT2D eigenvalue weighted by Crippen LogP contribution is -2.35. The van der Waals surface area contributed by atoms with Crippen LogP contribution in [0.25, 0.3) is 0 Å². The van der Waals surface area contributed by atoms with Gasteiger partial charge < -0.3 is 15.1 Å². The van der Waals surface area contributed by atoms with Crippen LogP contribution in [0.1, 0.15) is 91.4 Å². The van der Waals surface area contributed by atoms with E-state index in [1.165, 1.54) is 64.2 Å². The molecular formula is C18H37NO2. The van der Waals surface area contributed by atoms with Crippen LogP contribution in [0.5, 0.6) is 0 Å². The first-order valence-electron chi connectivity index (χ1n) is 8.89. The smallest absolute Gasteiger partial charge is 0.125 e. The number of aliphatic hydroxyl groups excluding tert-OH is 2. The quantitative estimate of drug-likeness (QED) is 0.358. The van der Waals surface area contributed by atoms with E-state index in [-0.39, 0.29) is 0 Å². The fourth-order valence-electron chi connectivity index (χ4n) is 2.51. The van der Waals surface area contributed by atoms with Gasteiger partial charge in [0.1, 0.15) is 12.5 Å². The standard InChI is InChI=1S/C18H37NO2/c1-4-5-6-7-8-9-10-11-12-13-14-15-16-19(17(2)20)18(3)21/h15-18,20-21H,4-14H2,1-3H3. The molecule has 0 aliphatic rings. The van der Waals surface area contributed by atoms with Gasteiger partial charge in [-0.05, 0) is 26.7 Å². The Bertz CT molecular complexity index is 231. The summed E-state index contributed by atoms with van der Waals surface area (Å²) in [6.45, 7) is 5.59. The van der Waals surface area contributed by atoms with Crippen molar-refractivity contribution in [3.05, 3.63) is 12.3 Å². The van der Waals surface area contributed by atoms with Crippen molar-refractivity contribution in [1.82, 2.24) is 4.90 Å². The van der Waals surface area contributed by atoms with Gasteiger partial charge in [-0.3, -0.25) is 0 Å². The van der Waals surface area contributed by atoms with Crippen molar-refractivity contribution in [1.29, 1.82) is 0 Å². The maximum absolute atomic E-state index is 9.47. The summed E-state index contributed by atoms with van der Waals surface area (Å²) in [5.74, 6) is 0. The number of nitrogens with zero attached hydrogens (tertiary/aromatic N) is 1. The van der Waals surface area contributed by atoms with E-state index in [1.54, 1.807) is 18.7 Å². The van der Waals surface area contributed by atoms with Crippen molar-refractivity contribution in [2.45, 2.75) is 104 Å². The van der Waals surface area contributed by atoms with E-state index in [0.717, 1.165) is 6.42 Å². The maximum atomic E-state index is 9.47. The molecule has 0 aliphatic heterocycles. The first-order valence-corrected chi connectivity index (χ1v) is 8.89. The normalized spacial score (nSPS) is 14.5. The lowest BCUT2D eigenvalue weighted by Gasteiger charge is -2.26. The van der Waals surface area contributed by atoms with Crippen molar-refractivity contribution in [3.63, 3.8) is 0 Å². The summed E-state index contributed by atoms with van der Waals surface area (Å²) in [5, 5.41) is 18.9. The van der Waals surface area contributed by atoms with E-state index >= 15 is 0 Å². The van der Waals surface area contributed by atoms with Crippen LogP contribution in [0.2, 0.25) is 0 Å². The van der Waals surface area contributed by atoms with Crippen LogP contribution in [0.3, 0.4) is 0 Å².